The number of phenols is 1. The molecule has 12 heteroatoms. The van der Waals surface area contributed by atoms with Crippen LogP contribution in [0.3, 0.4) is 0 Å². The molecule has 4 aromatic carbocycles. The molecule has 286 valence electrons. The van der Waals surface area contributed by atoms with E-state index < -0.39 is 58.5 Å². The summed E-state index contributed by atoms with van der Waals surface area (Å²) in [5.41, 5.74) is 1.69. The molecule has 1 N–H and O–H groups in total. The highest BCUT2D eigenvalue weighted by Gasteiger charge is 2.68. The fourth-order valence-electron chi connectivity index (χ4n) is 9.34. The van der Waals surface area contributed by atoms with Gasteiger partial charge < -0.3 is 19.3 Å². The average Bonchev–Trinajstić information content (AvgIpc) is 3.57. The highest BCUT2D eigenvalue weighted by atomic mass is 35.5. The van der Waals surface area contributed by atoms with Crippen LogP contribution < -0.4 is 24.0 Å². The van der Waals surface area contributed by atoms with Gasteiger partial charge in [-0.2, -0.15) is 0 Å². The number of halogens is 2. The first-order valence-corrected chi connectivity index (χ1v) is 18.6. The van der Waals surface area contributed by atoms with E-state index in [1.54, 1.807) is 45.4 Å². The summed E-state index contributed by atoms with van der Waals surface area (Å²) in [6, 6.07) is 21.0. The smallest absolute Gasteiger partial charge is 0.241 e. The van der Waals surface area contributed by atoms with Gasteiger partial charge in [0.25, 0.3) is 0 Å². The fourth-order valence-corrected chi connectivity index (χ4v) is 9.51. The molecule has 2 heterocycles. The molecule has 4 aromatic rings. The van der Waals surface area contributed by atoms with E-state index in [4.69, 9.17) is 25.8 Å². The zero-order chi connectivity index (χ0) is 39.6. The van der Waals surface area contributed by atoms with E-state index in [0.29, 0.717) is 34.1 Å². The van der Waals surface area contributed by atoms with Gasteiger partial charge in [-0.1, -0.05) is 53.6 Å². The number of carbonyl (C=O) groups excluding carboxylic acids is 4. The van der Waals surface area contributed by atoms with Gasteiger partial charge in [-0.15, -0.1) is 0 Å². The van der Waals surface area contributed by atoms with E-state index in [1.165, 1.54) is 30.2 Å². The number of allylic oxidation sites excluding steroid dienone is 2. The molecule has 4 amide bonds. The number of hydrogen-bond donors (Lipinski definition) is 1. The average molecular weight is 777 g/mol. The lowest BCUT2D eigenvalue weighted by Gasteiger charge is -2.49. The highest BCUT2D eigenvalue weighted by Crippen LogP contribution is 2.65. The van der Waals surface area contributed by atoms with E-state index in [2.05, 4.69) is 0 Å². The van der Waals surface area contributed by atoms with Gasteiger partial charge in [-0.3, -0.25) is 24.1 Å². The molecule has 56 heavy (non-hydrogen) atoms. The van der Waals surface area contributed by atoms with Gasteiger partial charge in [-0.05, 0) is 91.9 Å². The summed E-state index contributed by atoms with van der Waals surface area (Å²) in [6.07, 6.45) is 5.98. The van der Waals surface area contributed by atoms with Crippen LogP contribution in [0.25, 0.3) is 12.2 Å². The Morgan fingerprint density at radius 3 is 2.23 bits per heavy atom. The Morgan fingerprint density at radius 1 is 0.804 bits per heavy atom. The summed E-state index contributed by atoms with van der Waals surface area (Å²) in [5.74, 6) is -5.07. The monoisotopic (exact) mass is 776 g/mol. The minimum absolute atomic E-state index is 0.0935. The van der Waals surface area contributed by atoms with Gasteiger partial charge in [0.15, 0.2) is 0 Å². The first kappa shape index (κ1) is 37.0. The number of benzene rings is 4. The quantitative estimate of drug-likeness (QED) is 0.109. The molecule has 8 rings (SSSR count). The van der Waals surface area contributed by atoms with Crippen LogP contribution in [0.1, 0.15) is 42.4 Å². The SMILES string of the molecule is COc1ccc(OC)c(C=Cc2ccc(N3C(=O)C4CC=C5C(CC6C(=O)N(c7ccc(F)c(Cl)c7)C(=O)C6(C)C5c5c(O)cccc5OC)C4C3=O)cc2)c1. The third kappa shape index (κ3) is 5.58. The molecule has 4 aliphatic rings. The fraction of sp³-hybridized carbons (Fsp3) is 0.273. The van der Waals surface area contributed by atoms with Gasteiger partial charge in [-0.25, -0.2) is 9.29 Å². The number of methoxy groups -OCH3 is 3. The minimum Gasteiger partial charge on any atom is -0.508 e. The zero-order valence-electron chi connectivity index (χ0n) is 31.0. The van der Waals surface area contributed by atoms with E-state index in [1.807, 2.05) is 48.6 Å². The van der Waals surface area contributed by atoms with Crippen molar-refractivity contribution in [3.63, 3.8) is 0 Å². The van der Waals surface area contributed by atoms with E-state index >= 15 is 0 Å². The minimum atomic E-state index is -1.46. The van der Waals surface area contributed by atoms with Gasteiger partial charge in [0, 0.05) is 17.0 Å². The molecule has 0 aromatic heterocycles. The second kappa shape index (κ2) is 14.0. The maximum atomic E-state index is 14.7. The topological polar surface area (TPSA) is 123 Å². The molecule has 10 nitrogen and oxygen atoms in total. The van der Waals surface area contributed by atoms with Gasteiger partial charge in [0.05, 0.1) is 60.9 Å². The maximum Gasteiger partial charge on any atom is 0.241 e. The van der Waals surface area contributed by atoms with Crippen molar-refractivity contribution in [1.29, 1.82) is 0 Å². The summed E-state index contributed by atoms with van der Waals surface area (Å²) >= 11 is 6.12. The van der Waals surface area contributed by atoms with Gasteiger partial charge in [0.1, 0.15) is 28.8 Å². The third-order valence-electron chi connectivity index (χ3n) is 12.0. The van der Waals surface area contributed by atoms with Crippen molar-refractivity contribution in [3.8, 4) is 23.0 Å². The molecule has 0 radical (unpaired) electrons. The Hall–Kier alpha value is -5.94. The number of carbonyl (C=O) groups is 4. The lowest BCUT2D eigenvalue weighted by atomic mass is 9.51. The predicted molar refractivity (Wildman–Crippen MR) is 208 cm³/mol. The van der Waals surface area contributed by atoms with Gasteiger partial charge >= 0.3 is 0 Å². The van der Waals surface area contributed by atoms with Crippen LogP contribution >= 0.6 is 11.6 Å². The Morgan fingerprint density at radius 2 is 1.54 bits per heavy atom. The van der Waals surface area contributed by atoms with Crippen LogP contribution in [0.2, 0.25) is 5.02 Å². The van der Waals surface area contributed by atoms with E-state index in [-0.39, 0.29) is 35.2 Å². The van der Waals surface area contributed by atoms with E-state index in [9.17, 15) is 28.7 Å². The molecule has 3 fully saturated rings. The molecule has 2 aliphatic carbocycles. The number of aromatic hydroxyl groups is 1. The Bertz CT molecular complexity index is 2380. The zero-order valence-corrected chi connectivity index (χ0v) is 31.7. The number of phenolic OH excluding ortho intramolecular Hbond substituents is 1. The van der Waals surface area contributed by atoms with Crippen LogP contribution in [0, 0.1) is 34.9 Å². The second-order valence-electron chi connectivity index (χ2n) is 14.7. The lowest BCUT2D eigenvalue weighted by Crippen LogP contribution is -2.49. The summed E-state index contributed by atoms with van der Waals surface area (Å²) in [5, 5.41) is 11.2. The highest BCUT2D eigenvalue weighted by molar-refractivity contribution is 6.32. The van der Waals surface area contributed by atoms with Crippen LogP contribution in [0.5, 0.6) is 23.0 Å². The van der Waals surface area contributed by atoms with Crippen molar-refractivity contribution in [2.75, 3.05) is 31.1 Å². The third-order valence-corrected chi connectivity index (χ3v) is 12.3. The van der Waals surface area contributed by atoms with Crippen LogP contribution in [-0.2, 0) is 19.2 Å². The van der Waals surface area contributed by atoms with Crippen molar-refractivity contribution in [3.05, 3.63) is 118 Å². The number of fused-ring (bicyclic) bond motifs is 4. The number of rotatable bonds is 8. The predicted octanol–water partition coefficient (Wildman–Crippen LogP) is 7.82. The first-order valence-electron chi connectivity index (χ1n) is 18.2. The van der Waals surface area contributed by atoms with Crippen LogP contribution in [0.4, 0.5) is 15.8 Å². The number of ether oxygens (including phenoxy) is 3. The molecular weight excluding hydrogens is 739 g/mol. The van der Waals surface area contributed by atoms with Crippen molar-refractivity contribution >= 4 is 58.8 Å². The summed E-state index contributed by atoms with van der Waals surface area (Å²) in [7, 11) is 4.63. The standard InChI is InChI=1S/C44H38ClFN2O8/c1-44-31(41(51)48(43(44)53)26-14-18-33(46)32(45)21-26)22-30-28(39(44)38-34(49)6-5-7-36(38)56-4)16-17-29-37(30)42(52)47(40(29)50)25-12-9-23(10-13-25)8-11-24-20-27(54-2)15-19-35(24)55-3/h5-16,18-21,29-31,37,39,49H,17,22H2,1-4H3. The summed E-state index contributed by atoms with van der Waals surface area (Å²) < 4.78 is 30.8. The largest absolute Gasteiger partial charge is 0.508 e. The van der Waals surface area contributed by atoms with Crippen molar-refractivity contribution in [1.82, 2.24) is 0 Å². The second-order valence-corrected chi connectivity index (χ2v) is 15.1. The number of anilines is 2. The summed E-state index contributed by atoms with van der Waals surface area (Å²) in [4.78, 5) is 60.2. The number of imide groups is 2. The Labute approximate surface area is 327 Å². The molecule has 0 spiro atoms. The van der Waals surface area contributed by atoms with Crippen molar-refractivity contribution < 1.29 is 42.9 Å². The lowest BCUT2D eigenvalue weighted by molar-refractivity contribution is -0.131. The Kier molecular flexibility index (Phi) is 9.23. The number of amides is 4. The van der Waals surface area contributed by atoms with Gasteiger partial charge in [0.2, 0.25) is 23.6 Å². The molecule has 0 bridgehead atoms. The normalized spacial score (nSPS) is 25.6. The molecule has 1 saturated carbocycles. The van der Waals surface area contributed by atoms with Crippen LogP contribution in [-0.4, -0.2) is 50.1 Å². The number of hydrogen-bond acceptors (Lipinski definition) is 8. The first-order chi connectivity index (χ1) is 26.9. The van der Waals surface area contributed by atoms with E-state index in [0.717, 1.165) is 22.1 Å². The van der Waals surface area contributed by atoms with Crippen molar-refractivity contribution in [2.45, 2.75) is 25.7 Å². The Balaban J connectivity index is 1.16. The van der Waals surface area contributed by atoms with Crippen LogP contribution in [0.15, 0.2) is 90.5 Å². The maximum absolute atomic E-state index is 14.7. The molecule has 2 aliphatic heterocycles. The van der Waals surface area contributed by atoms with Crippen molar-refractivity contribution in [2.24, 2.45) is 29.1 Å². The number of nitrogens with zero attached hydrogens (tertiary/aromatic N) is 2. The molecule has 6 atom stereocenters. The molecule has 2 saturated heterocycles. The summed E-state index contributed by atoms with van der Waals surface area (Å²) in [6.45, 7) is 1.69. The molecular formula is C44H38ClFN2O8. The molecule has 6 unspecified atom stereocenters.